The van der Waals surface area contributed by atoms with Crippen LogP contribution in [0.15, 0.2) is 46.2 Å². The highest BCUT2D eigenvalue weighted by Gasteiger charge is 2.30. The molecule has 4 heterocycles. The number of hydrogen-bond acceptors (Lipinski definition) is 8. The van der Waals surface area contributed by atoms with Crippen LogP contribution in [0.3, 0.4) is 0 Å². The van der Waals surface area contributed by atoms with Crippen LogP contribution in [0.4, 0.5) is 0 Å². The molecule has 0 atom stereocenters. The Labute approximate surface area is 196 Å². The number of rotatable bonds is 5. The van der Waals surface area contributed by atoms with Gasteiger partial charge in [0, 0.05) is 5.39 Å². The van der Waals surface area contributed by atoms with Gasteiger partial charge in [-0.15, -0.1) is 11.3 Å². The molecule has 1 N–H and O–H groups in total. The van der Waals surface area contributed by atoms with Crippen molar-refractivity contribution < 1.29 is 14.3 Å². The van der Waals surface area contributed by atoms with Crippen molar-refractivity contribution in [1.82, 2.24) is 19.5 Å². The number of benzene rings is 1. The van der Waals surface area contributed by atoms with Crippen LogP contribution in [-0.2, 0) is 6.54 Å². The molecule has 0 unspecified atom stereocenters. The van der Waals surface area contributed by atoms with Gasteiger partial charge in [-0.1, -0.05) is 17.7 Å². The smallest absolute Gasteiger partial charge is 0.263 e. The van der Waals surface area contributed by atoms with Gasteiger partial charge in [-0.25, -0.2) is 15.0 Å². The molecule has 1 aliphatic rings. The normalized spacial score (nSPS) is 13.8. The fourth-order valence-electron chi connectivity index (χ4n) is 4.05. The van der Waals surface area contributed by atoms with Crippen molar-refractivity contribution in [2.24, 2.45) is 0 Å². The summed E-state index contributed by atoms with van der Waals surface area (Å²) in [5.41, 5.74) is 1.38. The van der Waals surface area contributed by atoms with Crippen LogP contribution in [-0.4, -0.2) is 31.7 Å². The van der Waals surface area contributed by atoms with E-state index in [1.54, 1.807) is 36.2 Å². The van der Waals surface area contributed by atoms with Crippen LogP contribution in [0, 0.1) is 0 Å². The summed E-state index contributed by atoms with van der Waals surface area (Å²) >= 11 is 7.34. The zero-order valence-electron chi connectivity index (χ0n) is 17.4. The number of aromatic hydroxyl groups is 1. The highest BCUT2D eigenvalue weighted by atomic mass is 35.5. The Morgan fingerprint density at radius 2 is 2.18 bits per heavy atom. The molecule has 0 aliphatic heterocycles. The topological polar surface area (TPSA) is 103 Å². The molecule has 5 aromatic rings. The van der Waals surface area contributed by atoms with E-state index in [1.807, 2.05) is 6.07 Å². The summed E-state index contributed by atoms with van der Waals surface area (Å²) in [6.07, 6.45) is 6.62. The largest absolute Gasteiger partial charge is 0.505 e. The molecule has 6 rings (SSSR count). The quantitative estimate of drug-likeness (QED) is 0.379. The number of aromatic nitrogens is 4. The molecular formula is C23H17ClN4O4S. The Hall–Kier alpha value is -3.43. The Morgan fingerprint density at radius 1 is 1.33 bits per heavy atom. The summed E-state index contributed by atoms with van der Waals surface area (Å²) in [6, 6.07) is 5.28. The number of methoxy groups -OCH3 is 1. The van der Waals surface area contributed by atoms with E-state index in [1.165, 1.54) is 17.7 Å². The molecular weight excluding hydrogens is 464 g/mol. The summed E-state index contributed by atoms with van der Waals surface area (Å²) in [7, 11) is 1.60. The second-order valence-corrected chi connectivity index (χ2v) is 9.34. The highest BCUT2D eigenvalue weighted by molar-refractivity contribution is 7.25. The van der Waals surface area contributed by atoms with Gasteiger partial charge >= 0.3 is 0 Å². The number of hydrogen-bond donors (Lipinski definition) is 1. The summed E-state index contributed by atoms with van der Waals surface area (Å²) in [5.74, 6) is 1.91. The van der Waals surface area contributed by atoms with Crippen LogP contribution in [0.5, 0.6) is 11.5 Å². The molecule has 8 nitrogen and oxygen atoms in total. The Kier molecular flexibility index (Phi) is 4.63. The van der Waals surface area contributed by atoms with E-state index >= 15 is 0 Å². The first-order chi connectivity index (χ1) is 16.0. The number of ether oxygens (including phenoxy) is 1. The third-order valence-electron chi connectivity index (χ3n) is 5.84. The number of oxazole rings is 1. The van der Waals surface area contributed by atoms with Gasteiger partial charge in [0.05, 0.1) is 41.2 Å². The zero-order valence-corrected chi connectivity index (χ0v) is 19.0. The van der Waals surface area contributed by atoms with Gasteiger partial charge in [-0.05, 0) is 36.5 Å². The number of fused-ring (bicyclic) bond motifs is 3. The van der Waals surface area contributed by atoms with Gasteiger partial charge in [-0.3, -0.25) is 9.36 Å². The number of phenolic OH excluding ortho intramolecular Hbond substituents is 1. The molecule has 166 valence electrons. The van der Waals surface area contributed by atoms with Crippen LogP contribution in [0.1, 0.15) is 30.1 Å². The molecule has 33 heavy (non-hydrogen) atoms. The van der Waals surface area contributed by atoms with E-state index in [9.17, 15) is 9.90 Å². The third-order valence-corrected chi connectivity index (χ3v) is 7.25. The minimum absolute atomic E-state index is 0.0545. The monoisotopic (exact) mass is 480 g/mol. The van der Waals surface area contributed by atoms with Crippen LogP contribution >= 0.6 is 22.9 Å². The second-order valence-electron chi connectivity index (χ2n) is 7.94. The summed E-state index contributed by atoms with van der Waals surface area (Å²) in [5, 5.41) is 11.7. The standard InChI is InChI=1S/C23H17ClN4O4S/c1-31-12-6-15(11-2-3-11)18(26-8-12)21-27-22-17(14-4-5-16(24)19(29)20(14)33-22)23(30)28(21)9-13-7-25-10-32-13/h4-8,10-11,29H,2-3,9H2,1H3. The lowest BCUT2D eigenvalue weighted by atomic mass is 10.1. The number of nitrogens with zero attached hydrogens (tertiary/aromatic N) is 4. The number of phenols is 1. The van der Waals surface area contributed by atoms with Crippen molar-refractivity contribution in [3.05, 3.63) is 63.7 Å². The van der Waals surface area contributed by atoms with Crippen molar-refractivity contribution in [2.75, 3.05) is 7.11 Å². The zero-order chi connectivity index (χ0) is 22.7. The van der Waals surface area contributed by atoms with E-state index in [0.717, 1.165) is 18.4 Å². The van der Waals surface area contributed by atoms with E-state index in [-0.39, 0.29) is 22.9 Å². The SMILES string of the molecule is COc1cnc(-c2nc3sc4c(O)c(Cl)ccc4c3c(=O)n2Cc2cnco2)c(C2CC2)c1. The van der Waals surface area contributed by atoms with Gasteiger partial charge in [0.15, 0.2) is 18.0 Å². The van der Waals surface area contributed by atoms with Crippen molar-refractivity contribution in [2.45, 2.75) is 25.3 Å². The van der Waals surface area contributed by atoms with Crippen molar-refractivity contribution in [1.29, 1.82) is 0 Å². The minimum Gasteiger partial charge on any atom is -0.505 e. The highest BCUT2D eigenvalue weighted by Crippen LogP contribution is 2.45. The number of halogens is 1. The fourth-order valence-corrected chi connectivity index (χ4v) is 5.38. The van der Waals surface area contributed by atoms with E-state index in [2.05, 4.69) is 9.97 Å². The maximum absolute atomic E-state index is 13.8. The first-order valence-corrected chi connectivity index (χ1v) is 11.5. The van der Waals surface area contributed by atoms with Crippen molar-refractivity contribution >= 4 is 43.2 Å². The average Bonchev–Trinajstić information content (AvgIpc) is 3.41. The lowest BCUT2D eigenvalue weighted by Crippen LogP contribution is -2.24. The fraction of sp³-hybridized carbons (Fsp3) is 0.217. The Morgan fingerprint density at radius 3 is 2.91 bits per heavy atom. The predicted octanol–water partition coefficient (Wildman–Crippen LogP) is 4.95. The van der Waals surface area contributed by atoms with E-state index in [4.69, 9.17) is 25.7 Å². The molecule has 10 heteroatoms. The molecule has 0 saturated heterocycles. The summed E-state index contributed by atoms with van der Waals surface area (Å²) in [6.45, 7) is 0.145. The molecule has 1 aromatic carbocycles. The molecule has 1 saturated carbocycles. The lowest BCUT2D eigenvalue weighted by molar-refractivity contribution is 0.412. The number of thiophene rings is 1. The van der Waals surface area contributed by atoms with E-state index < -0.39 is 0 Å². The minimum atomic E-state index is -0.251. The van der Waals surface area contributed by atoms with Crippen molar-refractivity contribution in [3.63, 3.8) is 0 Å². The van der Waals surface area contributed by atoms with Gasteiger partial charge in [-0.2, -0.15) is 0 Å². The Bertz CT molecular complexity index is 1590. The second kappa shape index (κ2) is 7.57. The molecule has 0 spiro atoms. The van der Waals surface area contributed by atoms with Gasteiger partial charge in [0.1, 0.15) is 22.0 Å². The molecule has 1 fully saturated rings. The molecule has 0 bridgehead atoms. The van der Waals surface area contributed by atoms with Crippen LogP contribution in [0.2, 0.25) is 5.02 Å². The van der Waals surface area contributed by atoms with Gasteiger partial charge in [0.25, 0.3) is 5.56 Å². The molecule has 0 radical (unpaired) electrons. The molecule has 1 aliphatic carbocycles. The summed E-state index contributed by atoms with van der Waals surface area (Å²) < 4.78 is 12.9. The van der Waals surface area contributed by atoms with Crippen LogP contribution in [0.25, 0.3) is 31.8 Å². The van der Waals surface area contributed by atoms with Gasteiger partial charge in [0.2, 0.25) is 0 Å². The third kappa shape index (κ3) is 3.27. The van der Waals surface area contributed by atoms with Crippen molar-refractivity contribution in [3.8, 4) is 23.0 Å². The first-order valence-electron chi connectivity index (χ1n) is 10.3. The molecule has 4 aromatic heterocycles. The average molecular weight is 481 g/mol. The predicted molar refractivity (Wildman–Crippen MR) is 125 cm³/mol. The Balaban J connectivity index is 1.68. The van der Waals surface area contributed by atoms with Gasteiger partial charge < -0.3 is 14.3 Å². The van der Waals surface area contributed by atoms with Crippen LogP contribution < -0.4 is 10.3 Å². The maximum atomic E-state index is 13.8. The summed E-state index contributed by atoms with van der Waals surface area (Å²) in [4.78, 5) is 27.9. The lowest BCUT2D eigenvalue weighted by Gasteiger charge is -2.14. The molecule has 0 amide bonds. The number of pyridine rings is 1. The van der Waals surface area contributed by atoms with E-state index in [0.29, 0.717) is 49.2 Å². The maximum Gasteiger partial charge on any atom is 0.263 e. The first kappa shape index (κ1) is 20.2.